The molecule has 0 atom stereocenters. The highest BCUT2D eigenvalue weighted by atomic mass is 35.5. The van der Waals surface area contributed by atoms with Gasteiger partial charge in [-0.3, -0.25) is 9.71 Å². The van der Waals surface area contributed by atoms with E-state index in [1.54, 1.807) is 42.3 Å². The van der Waals surface area contributed by atoms with Crippen LogP contribution >= 0.6 is 11.6 Å². The lowest BCUT2D eigenvalue weighted by Crippen LogP contribution is -2.13. The van der Waals surface area contributed by atoms with Crippen LogP contribution in [0.15, 0.2) is 54.1 Å². The molecule has 0 aromatic carbocycles. The monoisotopic (exact) mass is 349 g/mol. The van der Waals surface area contributed by atoms with Crippen LogP contribution in [0.25, 0.3) is 5.69 Å². The van der Waals surface area contributed by atoms with Crippen molar-refractivity contribution in [2.24, 2.45) is 0 Å². The first-order chi connectivity index (χ1) is 11.0. The van der Waals surface area contributed by atoms with Gasteiger partial charge in [0.2, 0.25) is 0 Å². The molecular formula is C14H12ClN5O2S. The number of pyridine rings is 2. The molecule has 118 valence electrons. The molecule has 0 bridgehead atoms. The molecule has 0 aliphatic carbocycles. The van der Waals surface area contributed by atoms with Crippen LogP contribution in [0.2, 0.25) is 5.15 Å². The maximum atomic E-state index is 12.4. The van der Waals surface area contributed by atoms with Gasteiger partial charge in [0.1, 0.15) is 10.0 Å². The molecule has 0 aliphatic rings. The first kappa shape index (κ1) is 15.4. The van der Waals surface area contributed by atoms with Crippen molar-refractivity contribution in [2.75, 3.05) is 4.72 Å². The van der Waals surface area contributed by atoms with Gasteiger partial charge in [0.15, 0.2) is 0 Å². The first-order valence-electron chi connectivity index (χ1n) is 6.56. The van der Waals surface area contributed by atoms with E-state index in [1.807, 2.05) is 0 Å². The fourth-order valence-corrected chi connectivity index (χ4v) is 3.07. The molecule has 7 nitrogen and oxygen atoms in total. The van der Waals surface area contributed by atoms with Crippen LogP contribution in [0.5, 0.6) is 0 Å². The van der Waals surface area contributed by atoms with Crippen molar-refractivity contribution in [3.8, 4) is 5.69 Å². The maximum Gasteiger partial charge on any atom is 0.263 e. The Morgan fingerprint density at radius 1 is 1.22 bits per heavy atom. The summed E-state index contributed by atoms with van der Waals surface area (Å²) < 4.78 is 28.7. The van der Waals surface area contributed by atoms with Crippen LogP contribution in [0.3, 0.4) is 0 Å². The summed E-state index contributed by atoms with van der Waals surface area (Å²) in [4.78, 5) is 7.82. The Bertz CT molecular complexity index is 941. The Morgan fingerprint density at radius 2 is 1.96 bits per heavy atom. The molecule has 9 heteroatoms. The van der Waals surface area contributed by atoms with Gasteiger partial charge in [0.25, 0.3) is 10.0 Å². The molecule has 0 aliphatic heterocycles. The Morgan fingerprint density at radius 3 is 2.65 bits per heavy atom. The fraction of sp³-hybridized carbons (Fsp3) is 0.0714. The summed E-state index contributed by atoms with van der Waals surface area (Å²) in [6.45, 7) is 1.69. The fourth-order valence-electron chi connectivity index (χ4n) is 1.91. The second kappa shape index (κ2) is 5.98. The van der Waals surface area contributed by atoms with Gasteiger partial charge in [-0.05, 0) is 30.7 Å². The topological polar surface area (TPSA) is 89.8 Å². The summed E-state index contributed by atoms with van der Waals surface area (Å²) in [6, 6.07) is 4.99. The summed E-state index contributed by atoms with van der Waals surface area (Å²) in [7, 11) is -3.76. The highest BCUT2D eigenvalue weighted by Gasteiger charge is 2.17. The second-order valence-corrected chi connectivity index (χ2v) is 6.80. The van der Waals surface area contributed by atoms with E-state index >= 15 is 0 Å². The van der Waals surface area contributed by atoms with E-state index in [1.165, 1.54) is 18.5 Å². The Hall–Kier alpha value is -2.45. The third-order valence-electron chi connectivity index (χ3n) is 3.06. The summed E-state index contributed by atoms with van der Waals surface area (Å²) in [5.74, 6) is 0. The third kappa shape index (κ3) is 3.33. The quantitative estimate of drug-likeness (QED) is 0.730. The lowest BCUT2D eigenvalue weighted by atomic mass is 10.3. The number of anilines is 1. The number of hydrogen-bond acceptors (Lipinski definition) is 5. The van der Waals surface area contributed by atoms with E-state index in [2.05, 4.69) is 19.8 Å². The number of rotatable bonds is 4. The Labute approximate surface area is 138 Å². The minimum atomic E-state index is -3.76. The largest absolute Gasteiger partial charge is 0.276 e. The lowest BCUT2D eigenvalue weighted by Gasteiger charge is -2.06. The zero-order valence-electron chi connectivity index (χ0n) is 12.0. The number of nitrogens with zero attached hydrogens (tertiary/aromatic N) is 4. The molecule has 23 heavy (non-hydrogen) atoms. The Kier molecular flexibility index (Phi) is 4.01. The van der Waals surface area contributed by atoms with Crippen molar-refractivity contribution in [3.05, 3.63) is 59.9 Å². The zero-order chi connectivity index (χ0) is 16.4. The molecule has 0 saturated heterocycles. The number of hydrogen-bond donors (Lipinski definition) is 1. The van der Waals surface area contributed by atoms with Crippen LogP contribution in [0.4, 0.5) is 5.69 Å². The molecule has 3 heterocycles. The minimum absolute atomic E-state index is 0.0380. The van der Waals surface area contributed by atoms with Gasteiger partial charge in [-0.1, -0.05) is 11.6 Å². The number of aromatic nitrogens is 4. The smallest absolute Gasteiger partial charge is 0.263 e. The van der Waals surface area contributed by atoms with Crippen LogP contribution < -0.4 is 4.72 Å². The van der Waals surface area contributed by atoms with E-state index in [9.17, 15) is 8.42 Å². The molecule has 3 aromatic rings. The van der Waals surface area contributed by atoms with E-state index in [0.717, 1.165) is 5.69 Å². The molecule has 1 N–H and O–H groups in total. The van der Waals surface area contributed by atoms with Crippen LogP contribution in [-0.2, 0) is 10.0 Å². The summed E-state index contributed by atoms with van der Waals surface area (Å²) >= 11 is 5.82. The maximum absolute atomic E-state index is 12.4. The van der Waals surface area contributed by atoms with Gasteiger partial charge in [0, 0.05) is 18.6 Å². The second-order valence-electron chi connectivity index (χ2n) is 4.76. The lowest BCUT2D eigenvalue weighted by molar-refractivity contribution is 0.600. The number of halogens is 1. The molecule has 0 saturated carbocycles. The predicted octanol–water partition coefficient (Wildman–Crippen LogP) is 2.42. The SMILES string of the molecule is Cc1cc(S(=O)(=O)Nc2cnn(-c3ccncc3)c2)cnc1Cl. The van der Waals surface area contributed by atoms with Crippen molar-refractivity contribution in [1.29, 1.82) is 0 Å². The summed E-state index contributed by atoms with van der Waals surface area (Å²) in [5, 5.41) is 4.39. The van der Waals surface area contributed by atoms with Crippen molar-refractivity contribution in [3.63, 3.8) is 0 Å². The minimum Gasteiger partial charge on any atom is -0.276 e. The molecule has 3 rings (SSSR count). The van der Waals surface area contributed by atoms with Gasteiger partial charge in [-0.2, -0.15) is 5.10 Å². The number of sulfonamides is 1. The van der Waals surface area contributed by atoms with Crippen molar-refractivity contribution in [2.45, 2.75) is 11.8 Å². The summed E-state index contributed by atoms with van der Waals surface area (Å²) in [5.41, 5.74) is 1.70. The molecular weight excluding hydrogens is 338 g/mol. The average Bonchev–Trinajstić information content (AvgIpc) is 2.98. The van der Waals surface area contributed by atoms with Gasteiger partial charge in [-0.25, -0.2) is 18.1 Å². The van der Waals surface area contributed by atoms with E-state index in [0.29, 0.717) is 11.3 Å². The predicted molar refractivity (Wildman–Crippen MR) is 86.2 cm³/mol. The Balaban J connectivity index is 1.86. The van der Waals surface area contributed by atoms with Gasteiger partial charge in [0.05, 0.1) is 23.8 Å². The van der Waals surface area contributed by atoms with Crippen molar-refractivity contribution < 1.29 is 8.42 Å². The van der Waals surface area contributed by atoms with Crippen LogP contribution in [0.1, 0.15) is 5.56 Å². The number of nitrogens with one attached hydrogen (secondary N) is 1. The molecule has 0 fully saturated rings. The van der Waals surface area contributed by atoms with Gasteiger partial charge < -0.3 is 0 Å². The van der Waals surface area contributed by atoms with E-state index in [-0.39, 0.29) is 10.0 Å². The molecule has 0 radical (unpaired) electrons. The normalized spacial score (nSPS) is 11.4. The van der Waals surface area contributed by atoms with Crippen molar-refractivity contribution >= 4 is 27.3 Å². The van der Waals surface area contributed by atoms with E-state index in [4.69, 9.17) is 11.6 Å². The average molecular weight is 350 g/mol. The first-order valence-corrected chi connectivity index (χ1v) is 8.42. The van der Waals surface area contributed by atoms with Crippen LogP contribution in [-0.4, -0.2) is 28.2 Å². The number of aryl methyl sites for hydroxylation is 1. The molecule has 3 aromatic heterocycles. The van der Waals surface area contributed by atoms with Gasteiger partial charge in [-0.15, -0.1) is 0 Å². The highest BCUT2D eigenvalue weighted by molar-refractivity contribution is 7.92. The van der Waals surface area contributed by atoms with Crippen molar-refractivity contribution in [1.82, 2.24) is 19.7 Å². The molecule has 0 spiro atoms. The highest BCUT2D eigenvalue weighted by Crippen LogP contribution is 2.20. The standard InChI is InChI=1S/C14H12ClN5O2S/c1-10-6-13(8-17-14(10)15)23(21,22)19-11-7-18-20(9-11)12-2-4-16-5-3-12/h2-9,19H,1H3. The third-order valence-corrected chi connectivity index (χ3v) is 4.81. The van der Waals surface area contributed by atoms with E-state index < -0.39 is 10.0 Å². The molecule has 0 amide bonds. The van der Waals surface area contributed by atoms with Crippen LogP contribution in [0, 0.1) is 6.92 Å². The molecule has 0 unspecified atom stereocenters. The summed E-state index contributed by atoms with van der Waals surface area (Å²) in [6.07, 6.45) is 7.47. The zero-order valence-corrected chi connectivity index (χ0v) is 13.6. The van der Waals surface area contributed by atoms with Gasteiger partial charge >= 0.3 is 0 Å².